The number of carbonyl (C=O) groups is 1. The summed E-state index contributed by atoms with van der Waals surface area (Å²) in [7, 11) is 0. The van der Waals surface area contributed by atoms with Crippen LogP contribution in [0, 0.1) is 5.82 Å². The predicted octanol–water partition coefficient (Wildman–Crippen LogP) is 2.42. The summed E-state index contributed by atoms with van der Waals surface area (Å²) in [5.74, 6) is -0.565. The number of ether oxygens (including phenoxy) is 1. The number of hydrogen-bond donors (Lipinski definition) is 0. The van der Waals surface area contributed by atoms with Crippen molar-refractivity contribution in [1.82, 2.24) is 19.9 Å². The van der Waals surface area contributed by atoms with Crippen molar-refractivity contribution >= 4 is 17.7 Å². The van der Waals surface area contributed by atoms with E-state index in [0.717, 1.165) is 25.2 Å². The molecular weight excluding hydrogens is 331 g/mol. The van der Waals surface area contributed by atoms with E-state index in [9.17, 15) is 9.18 Å². The average Bonchev–Trinajstić information content (AvgIpc) is 2.63. The molecule has 0 bridgehead atoms. The molecule has 126 valence electrons. The van der Waals surface area contributed by atoms with Crippen LogP contribution in [0.2, 0.25) is 0 Å². The van der Waals surface area contributed by atoms with Gasteiger partial charge in [0.2, 0.25) is 0 Å². The molecule has 0 N–H and O–H groups in total. The maximum absolute atomic E-state index is 12.9. The molecule has 1 aliphatic rings. The van der Waals surface area contributed by atoms with Crippen LogP contribution in [0.1, 0.15) is 23.2 Å². The lowest BCUT2D eigenvalue weighted by molar-refractivity contribution is 0.0511. The molecule has 1 amide bonds. The first-order valence-corrected chi connectivity index (χ1v) is 8.82. The number of carbonyl (C=O) groups excluding carboxylic acids is 1. The Labute approximate surface area is 143 Å². The van der Waals surface area contributed by atoms with Crippen molar-refractivity contribution in [3.8, 4) is 6.01 Å². The molecule has 2 aromatic heterocycles. The van der Waals surface area contributed by atoms with Gasteiger partial charge in [0.05, 0.1) is 24.5 Å². The molecule has 0 spiro atoms. The summed E-state index contributed by atoms with van der Waals surface area (Å²) >= 11 is 1.45. The van der Waals surface area contributed by atoms with E-state index in [2.05, 4.69) is 15.0 Å². The number of piperidine rings is 1. The number of aromatic nitrogens is 3. The summed E-state index contributed by atoms with van der Waals surface area (Å²) in [5, 5.41) is 0.715. The van der Waals surface area contributed by atoms with Crippen molar-refractivity contribution in [1.29, 1.82) is 0 Å². The fourth-order valence-corrected chi connectivity index (χ4v) is 3.16. The lowest BCUT2D eigenvalue weighted by Crippen LogP contribution is -2.44. The van der Waals surface area contributed by atoms with E-state index >= 15 is 0 Å². The molecule has 1 unspecified atom stereocenters. The summed E-state index contributed by atoms with van der Waals surface area (Å²) in [4.78, 5) is 26.4. The van der Waals surface area contributed by atoms with Gasteiger partial charge in [0.25, 0.3) is 5.91 Å². The molecule has 3 rings (SSSR count). The average molecular weight is 348 g/mol. The largest absolute Gasteiger partial charge is 0.458 e. The molecule has 24 heavy (non-hydrogen) atoms. The number of pyridine rings is 1. The molecule has 8 heteroatoms. The van der Waals surface area contributed by atoms with Gasteiger partial charge in [0.1, 0.15) is 11.1 Å². The molecule has 1 aliphatic heterocycles. The Balaban J connectivity index is 1.68. The predicted molar refractivity (Wildman–Crippen MR) is 87.6 cm³/mol. The van der Waals surface area contributed by atoms with Crippen molar-refractivity contribution in [2.75, 3.05) is 19.3 Å². The highest BCUT2D eigenvalue weighted by Crippen LogP contribution is 2.22. The topological polar surface area (TPSA) is 68.2 Å². The Kier molecular flexibility index (Phi) is 5.24. The van der Waals surface area contributed by atoms with Crippen molar-refractivity contribution in [3.63, 3.8) is 0 Å². The van der Waals surface area contributed by atoms with Crippen LogP contribution in [0.3, 0.4) is 0 Å². The highest BCUT2D eigenvalue weighted by Gasteiger charge is 2.27. The normalized spacial score (nSPS) is 17.6. The second-order valence-corrected chi connectivity index (χ2v) is 6.17. The summed E-state index contributed by atoms with van der Waals surface area (Å²) in [6.45, 7) is 1.12. The fraction of sp³-hybridized carbons (Fsp3) is 0.375. The lowest BCUT2D eigenvalue weighted by Gasteiger charge is -2.32. The van der Waals surface area contributed by atoms with E-state index in [1.165, 1.54) is 11.8 Å². The van der Waals surface area contributed by atoms with Crippen LogP contribution in [0.15, 0.2) is 35.7 Å². The van der Waals surface area contributed by atoms with Crippen LogP contribution in [0.4, 0.5) is 4.39 Å². The first-order valence-electron chi connectivity index (χ1n) is 7.60. The van der Waals surface area contributed by atoms with Gasteiger partial charge in [0.15, 0.2) is 5.82 Å². The molecule has 3 heterocycles. The van der Waals surface area contributed by atoms with Gasteiger partial charge in [-0.2, -0.15) is 0 Å². The Hall–Kier alpha value is -2.22. The van der Waals surface area contributed by atoms with Gasteiger partial charge in [-0.05, 0) is 31.2 Å². The minimum absolute atomic E-state index is 0.0548. The van der Waals surface area contributed by atoms with Gasteiger partial charge in [-0.1, -0.05) is 0 Å². The zero-order chi connectivity index (χ0) is 16.9. The van der Waals surface area contributed by atoms with Crippen molar-refractivity contribution in [2.45, 2.75) is 24.0 Å². The van der Waals surface area contributed by atoms with E-state index in [-0.39, 0.29) is 18.0 Å². The van der Waals surface area contributed by atoms with Crippen molar-refractivity contribution < 1.29 is 13.9 Å². The number of thioether (sulfide) groups is 1. The minimum atomic E-state index is -0.510. The Morgan fingerprint density at radius 3 is 2.92 bits per heavy atom. The van der Waals surface area contributed by atoms with Crippen LogP contribution in [-0.4, -0.2) is 51.2 Å². The van der Waals surface area contributed by atoms with E-state index < -0.39 is 5.82 Å². The summed E-state index contributed by atoms with van der Waals surface area (Å²) in [6, 6.07) is 3.67. The zero-order valence-corrected chi connectivity index (χ0v) is 14.0. The fourth-order valence-electron chi connectivity index (χ4n) is 2.62. The van der Waals surface area contributed by atoms with Gasteiger partial charge >= 0.3 is 6.01 Å². The first kappa shape index (κ1) is 16.6. The van der Waals surface area contributed by atoms with Crippen molar-refractivity contribution in [3.05, 3.63) is 42.1 Å². The van der Waals surface area contributed by atoms with E-state index in [1.807, 2.05) is 6.26 Å². The third kappa shape index (κ3) is 3.81. The molecule has 1 fully saturated rings. The third-order valence-electron chi connectivity index (χ3n) is 3.73. The summed E-state index contributed by atoms with van der Waals surface area (Å²) in [6.07, 6.45) is 7.12. The summed E-state index contributed by atoms with van der Waals surface area (Å²) in [5.41, 5.74) is 0.601. The molecule has 2 aromatic rings. The van der Waals surface area contributed by atoms with E-state index in [0.29, 0.717) is 23.7 Å². The quantitative estimate of drug-likeness (QED) is 0.791. The molecule has 6 nitrogen and oxygen atoms in total. The maximum atomic E-state index is 12.9. The molecule has 1 saturated heterocycles. The highest BCUT2D eigenvalue weighted by atomic mass is 32.2. The lowest BCUT2D eigenvalue weighted by atomic mass is 10.1. The van der Waals surface area contributed by atoms with Crippen LogP contribution in [0.5, 0.6) is 6.01 Å². The number of likely N-dealkylation sites (tertiary alicyclic amines) is 1. The smallest absolute Gasteiger partial charge is 0.316 e. The number of rotatable bonds is 4. The SMILES string of the molecule is CSc1ncccc1C(=O)N1CCCC(Oc2ncc(F)cn2)C1. The Morgan fingerprint density at radius 2 is 2.17 bits per heavy atom. The number of hydrogen-bond acceptors (Lipinski definition) is 6. The molecule has 0 aromatic carbocycles. The van der Waals surface area contributed by atoms with Crippen LogP contribution in [0.25, 0.3) is 0 Å². The second kappa shape index (κ2) is 7.57. The van der Waals surface area contributed by atoms with Crippen LogP contribution < -0.4 is 4.74 Å². The van der Waals surface area contributed by atoms with Gasteiger partial charge < -0.3 is 9.64 Å². The standard InChI is InChI=1S/C16H17FN4O2S/c1-24-14-13(5-2-6-18-14)15(22)21-7-3-4-12(10-21)23-16-19-8-11(17)9-20-16/h2,5-6,8-9,12H,3-4,7,10H2,1H3. The zero-order valence-electron chi connectivity index (χ0n) is 13.2. The third-order valence-corrected chi connectivity index (χ3v) is 4.44. The molecule has 0 aliphatic carbocycles. The molecular formula is C16H17FN4O2S. The van der Waals surface area contributed by atoms with E-state index in [1.54, 1.807) is 23.2 Å². The van der Waals surface area contributed by atoms with E-state index in [4.69, 9.17) is 4.74 Å². The Bertz CT molecular complexity index is 713. The molecule has 1 atom stereocenters. The van der Waals surface area contributed by atoms with Crippen molar-refractivity contribution in [2.24, 2.45) is 0 Å². The minimum Gasteiger partial charge on any atom is -0.458 e. The number of nitrogens with zero attached hydrogens (tertiary/aromatic N) is 4. The number of halogens is 1. The maximum Gasteiger partial charge on any atom is 0.316 e. The summed E-state index contributed by atoms with van der Waals surface area (Å²) < 4.78 is 18.5. The molecule has 0 radical (unpaired) electrons. The van der Waals surface area contributed by atoms with Gasteiger partial charge in [-0.25, -0.2) is 19.3 Å². The highest BCUT2D eigenvalue weighted by molar-refractivity contribution is 7.98. The van der Waals surface area contributed by atoms with Crippen LogP contribution in [-0.2, 0) is 0 Å². The van der Waals surface area contributed by atoms with Gasteiger partial charge in [-0.3, -0.25) is 4.79 Å². The molecule has 0 saturated carbocycles. The second-order valence-electron chi connectivity index (χ2n) is 5.38. The first-order chi connectivity index (χ1) is 11.7. The Morgan fingerprint density at radius 1 is 1.38 bits per heavy atom. The van der Waals surface area contributed by atoms with Crippen LogP contribution >= 0.6 is 11.8 Å². The number of amides is 1. The van der Waals surface area contributed by atoms with Gasteiger partial charge in [-0.15, -0.1) is 11.8 Å². The monoisotopic (exact) mass is 348 g/mol. The van der Waals surface area contributed by atoms with Gasteiger partial charge in [0, 0.05) is 12.7 Å².